The first kappa shape index (κ1) is 12.9. The Morgan fingerprint density at radius 3 is 1.44 bits per heavy atom. The number of hydrogen-bond donors (Lipinski definition) is 2. The fraction of sp³-hybridized carbons (Fsp3) is 0. The van der Waals surface area contributed by atoms with Gasteiger partial charge in [0.1, 0.15) is 11.5 Å². The maximum atomic E-state index is 9.57. The van der Waals surface area contributed by atoms with Gasteiger partial charge in [-0.05, 0) is 35.1 Å². The molecule has 4 heteroatoms. The van der Waals surface area contributed by atoms with Crippen LogP contribution in [0.5, 0.6) is 11.5 Å². The summed E-state index contributed by atoms with van der Waals surface area (Å²) >= 11 is 2.88. The van der Waals surface area contributed by atoms with E-state index in [4.69, 9.17) is 0 Å². The van der Waals surface area contributed by atoms with Crippen molar-refractivity contribution in [2.45, 2.75) is 9.79 Å². The van der Waals surface area contributed by atoms with Crippen LogP contribution in [0.1, 0.15) is 0 Å². The van der Waals surface area contributed by atoms with Crippen molar-refractivity contribution < 1.29 is 10.2 Å². The lowest BCUT2D eigenvalue weighted by molar-refractivity contribution is 0.462. The van der Waals surface area contributed by atoms with Crippen LogP contribution in [0, 0.1) is 0 Å². The first-order valence-electron chi connectivity index (χ1n) is 5.31. The zero-order valence-corrected chi connectivity index (χ0v) is 11.1. The number of thioether (sulfide) groups is 2. The molecule has 0 aliphatic carbocycles. The number of para-hydroxylation sites is 2. The summed E-state index contributed by atoms with van der Waals surface area (Å²) in [5, 5.41) is 22.9. The Kier molecular flexibility index (Phi) is 4.61. The van der Waals surface area contributed by atoms with Gasteiger partial charge in [0.15, 0.2) is 0 Å². The number of aromatic hydroxyl groups is 2. The summed E-state index contributed by atoms with van der Waals surface area (Å²) in [4.78, 5) is 1.62. The SMILES string of the molecule is Oc1ccccc1S/C=C/Sc1ccccc1O. The van der Waals surface area contributed by atoms with Crippen LogP contribution >= 0.6 is 23.5 Å². The van der Waals surface area contributed by atoms with Crippen molar-refractivity contribution in [1.82, 2.24) is 0 Å². The maximum Gasteiger partial charge on any atom is 0.129 e. The van der Waals surface area contributed by atoms with Gasteiger partial charge in [-0.2, -0.15) is 0 Å². The molecule has 0 aliphatic heterocycles. The molecule has 2 aromatic rings. The highest BCUT2D eigenvalue weighted by Crippen LogP contribution is 2.32. The van der Waals surface area contributed by atoms with Gasteiger partial charge >= 0.3 is 0 Å². The minimum absolute atomic E-state index is 0.278. The molecular formula is C14H12O2S2. The predicted octanol–water partition coefficient (Wildman–Crippen LogP) is 4.45. The van der Waals surface area contributed by atoms with Gasteiger partial charge in [-0.25, -0.2) is 0 Å². The van der Waals surface area contributed by atoms with E-state index >= 15 is 0 Å². The molecule has 18 heavy (non-hydrogen) atoms. The number of rotatable bonds is 4. The molecule has 0 bridgehead atoms. The van der Waals surface area contributed by atoms with Crippen molar-refractivity contribution in [3.8, 4) is 11.5 Å². The lowest BCUT2D eigenvalue weighted by Gasteiger charge is -2.00. The predicted molar refractivity (Wildman–Crippen MR) is 77.1 cm³/mol. The summed E-state index contributed by atoms with van der Waals surface area (Å²) in [5.41, 5.74) is 0. The minimum atomic E-state index is 0.278. The molecule has 0 radical (unpaired) electrons. The molecule has 0 heterocycles. The van der Waals surface area contributed by atoms with Crippen LogP contribution in [0.25, 0.3) is 0 Å². The van der Waals surface area contributed by atoms with Gasteiger partial charge < -0.3 is 10.2 Å². The zero-order valence-electron chi connectivity index (χ0n) is 9.48. The normalized spacial score (nSPS) is 10.9. The highest BCUT2D eigenvalue weighted by Gasteiger charge is 1.98. The largest absolute Gasteiger partial charge is 0.507 e. The molecule has 0 aromatic heterocycles. The lowest BCUT2D eigenvalue weighted by atomic mass is 10.3. The van der Waals surface area contributed by atoms with Gasteiger partial charge in [0, 0.05) is 0 Å². The lowest BCUT2D eigenvalue weighted by Crippen LogP contribution is -1.70. The van der Waals surface area contributed by atoms with E-state index in [-0.39, 0.29) is 11.5 Å². The Morgan fingerprint density at radius 2 is 1.06 bits per heavy atom. The van der Waals surface area contributed by atoms with E-state index in [1.807, 2.05) is 35.1 Å². The summed E-state index contributed by atoms with van der Waals surface area (Å²) in [7, 11) is 0. The molecule has 0 saturated carbocycles. The Labute approximate surface area is 114 Å². The smallest absolute Gasteiger partial charge is 0.129 e. The van der Waals surface area contributed by atoms with Crippen LogP contribution in [0.4, 0.5) is 0 Å². The molecule has 2 nitrogen and oxygen atoms in total. The minimum Gasteiger partial charge on any atom is -0.507 e. The molecule has 0 atom stereocenters. The van der Waals surface area contributed by atoms with Crippen molar-refractivity contribution in [2.24, 2.45) is 0 Å². The molecule has 2 rings (SSSR count). The van der Waals surface area contributed by atoms with Crippen LogP contribution < -0.4 is 0 Å². The Morgan fingerprint density at radius 1 is 0.667 bits per heavy atom. The molecule has 0 amide bonds. The molecule has 0 saturated heterocycles. The third-order valence-electron chi connectivity index (χ3n) is 2.18. The van der Waals surface area contributed by atoms with Crippen LogP contribution in [0.2, 0.25) is 0 Å². The van der Waals surface area contributed by atoms with Gasteiger partial charge in [-0.1, -0.05) is 47.8 Å². The quantitative estimate of drug-likeness (QED) is 0.809. The van der Waals surface area contributed by atoms with Crippen molar-refractivity contribution in [3.05, 3.63) is 59.3 Å². The van der Waals surface area contributed by atoms with Gasteiger partial charge in [0.2, 0.25) is 0 Å². The number of phenolic OH excluding ortho intramolecular Hbond substituents is 2. The molecule has 0 unspecified atom stereocenters. The summed E-state index contributed by atoms with van der Waals surface area (Å²) in [6.07, 6.45) is 0. The Balaban J connectivity index is 1.94. The second-order valence-electron chi connectivity index (χ2n) is 3.44. The average molecular weight is 276 g/mol. The summed E-state index contributed by atoms with van der Waals surface area (Å²) < 4.78 is 0. The number of benzene rings is 2. The first-order valence-corrected chi connectivity index (χ1v) is 7.07. The van der Waals surface area contributed by atoms with Crippen molar-refractivity contribution >= 4 is 23.5 Å². The molecule has 0 spiro atoms. The van der Waals surface area contributed by atoms with E-state index in [1.54, 1.807) is 24.3 Å². The van der Waals surface area contributed by atoms with E-state index in [9.17, 15) is 10.2 Å². The highest BCUT2D eigenvalue weighted by molar-refractivity contribution is 8.05. The van der Waals surface area contributed by atoms with E-state index in [0.717, 1.165) is 9.79 Å². The van der Waals surface area contributed by atoms with E-state index in [0.29, 0.717) is 0 Å². The zero-order chi connectivity index (χ0) is 12.8. The molecule has 0 aliphatic rings. The van der Waals surface area contributed by atoms with Crippen molar-refractivity contribution in [2.75, 3.05) is 0 Å². The fourth-order valence-corrected chi connectivity index (χ4v) is 2.75. The van der Waals surface area contributed by atoms with E-state index in [2.05, 4.69) is 0 Å². The second-order valence-corrected chi connectivity index (χ2v) is 5.34. The van der Waals surface area contributed by atoms with Crippen LogP contribution in [-0.4, -0.2) is 10.2 Å². The van der Waals surface area contributed by atoms with Gasteiger partial charge in [-0.3, -0.25) is 0 Å². The van der Waals surface area contributed by atoms with Gasteiger partial charge in [-0.15, -0.1) is 0 Å². The Bertz CT molecular complexity index is 503. The van der Waals surface area contributed by atoms with Gasteiger partial charge in [0.25, 0.3) is 0 Å². The summed E-state index contributed by atoms with van der Waals surface area (Å²) in [6.45, 7) is 0. The average Bonchev–Trinajstić information content (AvgIpc) is 2.38. The maximum absolute atomic E-state index is 9.57. The molecule has 2 N–H and O–H groups in total. The fourth-order valence-electron chi connectivity index (χ4n) is 1.32. The molecule has 2 aromatic carbocycles. The van der Waals surface area contributed by atoms with Crippen LogP contribution in [0.3, 0.4) is 0 Å². The van der Waals surface area contributed by atoms with E-state index in [1.165, 1.54) is 23.5 Å². The summed E-state index contributed by atoms with van der Waals surface area (Å²) in [6, 6.07) is 14.4. The first-order chi connectivity index (χ1) is 8.77. The van der Waals surface area contributed by atoms with Crippen LogP contribution in [-0.2, 0) is 0 Å². The third kappa shape index (κ3) is 3.48. The topological polar surface area (TPSA) is 40.5 Å². The monoisotopic (exact) mass is 276 g/mol. The standard InChI is InChI=1S/C14H12O2S2/c15-11-5-1-3-7-13(11)17-9-10-18-14-8-4-2-6-12(14)16/h1-10,15-16H/b10-9+. The van der Waals surface area contributed by atoms with Crippen molar-refractivity contribution in [3.63, 3.8) is 0 Å². The Hall–Kier alpha value is -1.52. The van der Waals surface area contributed by atoms with Crippen LogP contribution in [0.15, 0.2) is 69.1 Å². The summed E-state index contributed by atoms with van der Waals surface area (Å²) in [5.74, 6) is 0.555. The highest BCUT2D eigenvalue weighted by atomic mass is 32.2. The molecular weight excluding hydrogens is 264 g/mol. The number of phenols is 2. The van der Waals surface area contributed by atoms with E-state index < -0.39 is 0 Å². The number of hydrogen-bond acceptors (Lipinski definition) is 4. The van der Waals surface area contributed by atoms with Crippen molar-refractivity contribution in [1.29, 1.82) is 0 Å². The molecule has 0 fully saturated rings. The third-order valence-corrected chi connectivity index (χ3v) is 4.09. The van der Waals surface area contributed by atoms with Gasteiger partial charge in [0.05, 0.1) is 9.79 Å². The second kappa shape index (κ2) is 6.42. The molecule has 92 valence electrons.